The van der Waals surface area contributed by atoms with Crippen LogP contribution in [0.25, 0.3) is 0 Å². The van der Waals surface area contributed by atoms with Gasteiger partial charge in [0.05, 0.1) is 17.9 Å². The van der Waals surface area contributed by atoms with Crippen LogP contribution < -0.4 is 10.6 Å². The zero-order valence-electron chi connectivity index (χ0n) is 15.6. The zero-order chi connectivity index (χ0) is 21.5. The first-order valence-electron chi connectivity index (χ1n) is 8.79. The molecule has 0 bridgehead atoms. The Hall–Kier alpha value is -2.62. The van der Waals surface area contributed by atoms with Gasteiger partial charge in [0.2, 0.25) is 0 Å². The fourth-order valence-electron chi connectivity index (χ4n) is 2.47. The number of rotatable bonds is 7. The number of benzene rings is 2. The van der Waals surface area contributed by atoms with E-state index in [-0.39, 0.29) is 29.7 Å². The number of hydrogen-bond donors (Lipinski definition) is 2. The Bertz CT molecular complexity index is 960. The summed E-state index contributed by atoms with van der Waals surface area (Å²) in [5.41, 5.74) is -0.407. The van der Waals surface area contributed by atoms with Crippen LogP contribution in [0.3, 0.4) is 0 Å². The summed E-state index contributed by atoms with van der Waals surface area (Å²) in [7, 11) is -3.84. The van der Waals surface area contributed by atoms with E-state index in [0.29, 0.717) is 12.1 Å². The van der Waals surface area contributed by atoms with Crippen LogP contribution in [-0.4, -0.2) is 33.2 Å². The SMILES string of the molecule is CCNC(=NCc1cccc(C(F)(F)F)c1)NCCS(=O)(=O)c1ccccc1F. The van der Waals surface area contributed by atoms with E-state index in [1.54, 1.807) is 6.92 Å². The lowest BCUT2D eigenvalue weighted by Crippen LogP contribution is -2.39. The topological polar surface area (TPSA) is 70.6 Å². The van der Waals surface area contributed by atoms with E-state index in [0.717, 1.165) is 18.2 Å². The molecule has 0 amide bonds. The van der Waals surface area contributed by atoms with Crippen LogP contribution in [0.15, 0.2) is 58.4 Å². The van der Waals surface area contributed by atoms with Crippen LogP contribution >= 0.6 is 0 Å². The second-order valence-electron chi connectivity index (χ2n) is 6.07. The maximum absolute atomic E-state index is 13.7. The molecule has 0 saturated heterocycles. The van der Waals surface area contributed by atoms with Gasteiger partial charge in [-0.2, -0.15) is 13.2 Å². The van der Waals surface area contributed by atoms with Gasteiger partial charge in [-0.15, -0.1) is 0 Å². The Morgan fingerprint density at radius 1 is 1.07 bits per heavy atom. The van der Waals surface area contributed by atoms with Crippen LogP contribution in [0.4, 0.5) is 17.6 Å². The third kappa shape index (κ3) is 6.74. The van der Waals surface area contributed by atoms with Gasteiger partial charge in [0.25, 0.3) is 0 Å². The van der Waals surface area contributed by atoms with Crippen LogP contribution in [0.2, 0.25) is 0 Å². The third-order valence-corrected chi connectivity index (χ3v) is 5.60. The summed E-state index contributed by atoms with van der Waals surface area (Å²) >= 11 is 0. The van der Waals surface area contributed by atoms with E-state index >= 15 is 0 Å². The lowest BCUT2D eigenvalue weighted by atomic mass is 10.1. The summed E-state index contributed by atoms with van der Waals surface area (Å²) in [6.07, 6.45) is -4.44. The second kappa shape index (κ2) is 9.73. The molecule has 29 heavy (non-hydrogen) atoms. The molecule has 0 aliphatic carbocycles. The van der Waals surface area contributed by atoms with Crippen molar-refractivity contribution in [3.63, 3.8) is 0 Å². The molecular formula is C19H21F4N3O2S. The molecule has 5 nitrogen and oxygen atoms in total. The molecule has 2 rings (SSSR count). The molecule has 0 spiro atoms. The van der Waals surface area contributed by atoms with Crippen molar-refractivity contribution in [3.05, 3.63) is 65.5 Å². The quantitative estimate of drug-likeness (QED) is 0.401. The van der Waals surface area contributed by atoms with E-state index in [1.165, 1.54) is 30.3 Å². The maximum Gasteiger partial charge on any atom is 0.416 e. The van der Waals surface area contributed by atoms with Gasteiger partial charge in [0.1, 0.15) is 10.7 Å². The van der Waals surface area contributed by atoms with Crippen molar-refractivity contribution < 1.29 is 26.0 Å². The molecule has 0 aliphatic heterocycles. The molecule has 2 aromatic rings. The first kappa shape index (κ1) is 22.7. The Morgan fingerprint density at radius 3 is 2.45 bits per heavy atom. The van der Waals surface area contributed by atoms with Crippen molar-refractivity contribution in [2.24, 2.45) is 4.99 Å². The van der Waals surface area contributed by atoms with E-state index in [4.69, 9.17) is 0 Å². The predicted molar refractivity (Wildman–Crippen MR) is 103 cm³/mol. The van der Waals surface area contributed by atoms with Crippen molar-refractivity contribution in [2.45, 2.75) is 24.5 Å². The molecule has 0 radical (unpaired) electrons. The Morgan fingerprint density at radius 2 is 1.79 bits per heavy atom. The molecular weight excluding hydrogens is 410 g/mol. The summed E-state index contributed by atoms with van der Waals surface area (Å²) in [5, 5.41) is 5.68. The van der Waals surface area contributed by atoms with Gasteiger partial charge < -0.3 is 10.6 Å². The number of hydrogen-bond acceptors (Lipinski definition) is 3. The van der Waals surface area contributed by atoms with E-state index in [2.05, 4.69) is 15.6 Å². The monoisotopic (exact) mass is 431 g/mol. The van der Waals surface area contributed by atoms with Crippen LogP contribution in [0, 0.1) is 5.82 Å². The van der Waals surface area contributed by atoms with Gasteiger partial charge in [0.15, 0.2) is 15.8 Å². The minimum atomic E-state index is -4.44. The van der Waals surface area contributed by atoms with E-state index in [9.17, 15) is 26.0 Å². The second-order valence-corrected chi connectivity index (χ2v) is 8.15. The zero-order valence-corrected chi connectivity index (χ0v) is 16.4. The van der Waals surface area contributed by atoms with Gasteiger partial charge in [-0.3, -0.25) is 0 Å². The first-order valence-corrected chi connectivity index (χ1v) is 10.4. The number of aliphatic imine (C=N–C) groups is 1. The highest BCUT2D eigenvalue weighted by Crippen LogP contribution is 2.29. The molecule has 2 aromatic carbocycles. The normalized spacial score (nSPS) is 12.7. The van der Waals surface area contributed by atoms with E-state index < -0.39 is 27.4 Å². The maximum atomic E-state index is 13.7. The standard InChI is InChI=1S/C19H21F4N3O2S/c1-2-24-18(26-13-14-6-5-7-15(12-14)19(21,22)23)25-10-11-29(27,28)17-9-4-3-8-16(17)20/h3-9,12H,2,10-11,13H2,1H3,(H2,24,25,26). The molecule has 0 atom stereocenters. The fourth-order valence-corrected chi connectivity index (χ4v) is 3.71. The molecule has 0 saturated carbocycles. The highest BCUT2D eigenvalue weighted by atomic mass is 32.2. The number of guanidine groups is 1. The fraction of sp³-hybridized carbons (Fsp3) is 0.316. The Labute approximate surface area is 166 Å². The minimum absolute atomic E-state index is 0.0285. The molecule has 0 heterocycles. The average Bonchev–Trinajstić information content (AvgIpc) is 2.66. The number of nitrogens with one attached hydrogen (secondary N) is 2. The lowest BCUT2D eigenvalue weighted by molar-refractivity contribution is -0.137. The Kier molecular flexibility index (Phi) is 7.60. The van der Waals surface area contributed by atoms with Gasteiger partial charge in [-0.25, -0.2) is 17.8 Å². The molecule has 2 N–H and O–H groups in total. The summed E-state index contributed by atoms with van der Waals surface area (Å²) in [4.78, 5) is 3.79. The number of alkyl halides is 3. The van der Waals surface area contributed by atoms with Crippen molar-refractivity contribution in [2.75, 3.05) is 18.8 Å². The van der Waals surface area contributed by atoms with Crippen LogP contribution in [-0.2, 0) is 22.6 Å². The number of sulfone groups is 1. The number of nitrogens with zero attached hydrogens (tertiary/aromatic N) is 1. The lowest BCUT2D eigenvalue weighted by Gasteiger charge is -2.12. The third-order valence-electron chi connectivity index (χ3n) is 3.85. The van der Waals surface area contributed by atoms with Crippen molar-refractivity contribution in [1.29, 1.82) is 0 Å². The highest BCUT2D eigenvalue weighted by molar-refractivity contribution is 7.91. The summed E-state index contributed by atoms with van der Waals surface area (Å²) < 4.78 is 76.6. The molecule has 0 aliphatic rings. The predicted octanol–water partition coefficient (Wildman–Crippen LogP) is 3.37. The van der Waals surface area contributed by atoms with Crippen molar-refractivity contribution in [3.8, 4) is 0 Å². The molecule has 158 valence electrons. The average molecular weight is 431 g/mol. The van der Waals surface area contributed by atoms with Crippen LogP contribution in [0.5, 0.6) is 0 Å². The number of halogens is 4. The van der Waals surface area contributed by atoms with Gasteiger partial charge in [-0.05, 0) is 36.8 Å². The minimum Gasteiger partial charge on any atom is -0.357 e. The summed E-state index contributed by atoms with van der Waals surface area (Å²) in [6, 6.07) is 9.90. The summed E-state index contributed by atoms with van der Waals surface area (Å²) in [5.74, 6) is -0.951. The highest BCUT2D eigenvalue weighted by Gasteiger charge is 2.30. The van der Waals surface area contributed by atoms with Crippen molar-refractivity contribution >= 4 is 15.8 Å². The molecule has 0 aromatic heterocycles. The van der Waals surface area contributed by atoms with Gasteiger partial charge in [-0.1, -0.05) is 24.3 Å². The van der Waals surface area contributed by atoms with Gasteiger partial charge >= 0.3 is 6.18 Å². The molecule has 0 unspecified atom stereocenters. The van der Waals surface area contributed by atoms with Crippen LogP contribution in [0.1, 0.15) is 18.1 Å². The Balaban J connectivity index is 2.02. The van der Waals surface area contributed by atoms with E-state index in [1.807, 2.05) is 0 Å². The van der Waals surface area contributed by atoms with Gasteiger partial charge in [0, 0.05) is 13.1 Å². The smallest absolute Gasteiger partial charge is 0.357 e. The largest absolute Gasteiger partial charge is 0.416 e. The molecule has 0 fully saturated rings. The van der Waals surface area contributed by atoms with Crippen molar-refractivity contribution in [1.82, 2.24) is 10.6 Å². The first-order chi connectivity index (χ1) is 13.6. The molecule has 10 heteroatoms. The summed E-state index contributed by atoms with van der Waals surface area (Å²) in [6.45, 7) is 2.18.